The number of hydrazine groups is 1. The van der Waals surface area contributed by atoms with Crippen LogP contribution in [0, 0.1) is 25.7 Å². The first-order valence-electron chi connectivity index (χ1n) is 5.44. The van der Waals surface area contributed by atoms with Crippen LogP contribution in [0.25, 0.3) is 0 Å². The van der Waals surface area contributed by atoms with Gasteiger partial charge in [0.25, 0.3) is 0 Å². The maximum absolute atomic E-state index is 11.5. The molecular weight excluding hydrogens is 204 g/mol. The molecule has 0 bridgehead atoms. The van der Waals surface area contributed by atoms with Crippen molar-refractivity contribution in [3.05, 3.63) is 17.5 Å². The molecular formula is C11H16N4O. The molecule has 1 aliphatic carbocycles. The van der Waals surface area contributed by atoms with E-state index in [0.717, 1.165) is 17.8 Å². The van der Waals surface area contributed by atoms with Crippen LogP contribution in [0.1, 0.15) is 24.7 Å². The average Bonchev–Trinajstić information content (AvgIpc) is 2.90. The number of carbonyl (C=O) groups excluding carboxylic acids is 1. The summed E-state index contributed by atoms with van der Waals surface area (Å²) in [5, 5.41) is 0. The molecule has 1 amide bonds. The van der Waals surface area contributed by atoms with E-state index in [1.807, 2.05) is 19.9 Å². The van der Waals surface area contributed by atoms with E-state index in [2.05, 4.69) is 27.7 Å². The van der Waals surface area contributed by atoms with Gasteiger partial charge in [-0.3, -0.25) is 15.6 Å². The number of aromatic nitrogens is 2. The van der Waals surface area contributed by atoms with Crippen LogP contribution < -0.4 is 10.9 Å². The Hall–Kier alpha value is -1.65. The Balaban J connectivity index is 1.91. The molecule has 5 heteroatoms. The summed E-state index contributed by atoms with van der Waals surface area (Å²) in [5.74, 6) is 1.12. The summed E-state index contributed by atoms with van der Waals surface area (Å²) in [5.41, 5.74) is 7.14. The predicted octanol–water partition coefficient (Wildman–Crippen LogP) is 1.19. The highest BCUT2D eigenvalue weighted by atomic mass is 16.2. The number of hydrogen-bond donors (Lipinski definition) is 2. The fourth-order valence-electron chi connectivity index (χ4n) is 1.68. The van der Waals surface area contributed by atoms with Gasteiger partial charge in [0.1, 0.15) is 0 Å². The molecule has 2 rings (SSSR count). The van der Waals surface area contributed by atoms with Crippen molar-refractivity contribution in [2.24, 2.45) is 11.8 Å². The van der Waals surface area contributed by atoms with Crippen molar-refractivity contribution >= 4 is 11.9 Å². The van der Waals surface area contributed by atoms with Gasteiger partial charge in [0.05, 0.1) is 0 Å². The molecule has 16 heavy (non-hydrogen) atoms. The molecule has 2 unspecified atom stereocenters. The second-order valence-corrected chi connectivity index (χ2v) is 4.41. The zero-order chi connectivity index (χ0) is 11.7. The lowest BCUT2D eigenvalue weighted by molar-refractivity contribution is -0.122. The Morgan fingerprint density at radius 3 is 2.44 bits per heavy atom. The molecule has 0 saturated heterocycles. The van der Waals surface area contributed by atoms with Gasteiger partial charge >= 0.3 is 0 Å². The second-order valence-electron chi connectivity index (χ2n) is 4.41. The molecule has 0 aromatic carbocycles. The zero-order valence-corrected chi connectivity index (χ0v) is 9.74. The molecule has 1 fully saturated rings. The third-order valence-electron chi connectivity index (χ3n) is 2.73. The van der Waals surface area contributed by atoms with E-state index in [1.54, 1.807) is 0 Å². The molecule has 86 valence electrons. The zero-order valence-electron chi connectivity index (χ0n) is 9.74. The molecule has 1 aliphatic rings. The minimum Gasteiger partial charge on any atom is -0.273 e. The van der Waals surface area contributed by atoms with Gasteiger partial charge in [0, 0.05) is 17.3 Å². The van der Waals surface area contributed by atoms with Gasteiger partial charge in [-0.05, 0) is 32.3 Å². The van der Waals surface area contributed by atoms with Gasteiger partial charge in [0.15, 0.2) is 0 Å². The Bertz CT molecular complexity index is 398. The van der Waals surface area contributed by atoms with Crippen LogP contribution in [0.15, 0.2) is 6.07 Å². The van der Waals surface area contributed by atoms with Crippen molar-refractivity contribution in [3.8, 4) is 0 Å². The van der Waals surface area contributed by atoms with Gasteiger partial charge in [-0.2, -0.15) is 0 Å². The van der Waals surface area contributed by atoms with E-state index in [-0.39, 0.29) is 11.8 Å². The van der Waals surface area contributed by atoms with Crippen molar-refractivity contribution in [1.29, 1.82) is 0 Å². The fraction of sp³-hybridized carbons (Fsp3) is 0.545. The monoisotopic (exact) mass is 220 g/mol. The predicted molar refractivity (Wildman–Crippen MR) is 60.5 cm³/mol. The number of hydrogen-bond acceptors (Lipinski definition) is 4. The molecule has 2 atom stereocenters. The van der Waals surface area contributed by atoms with Crippen molar-refractivity contribution in [1.82, 2.24) is 15.4 Å². The molecule has 5 nitrogen and oxygen atoms in total. The lowest BCUT2D eigenvalue weighted by atomic mass is 10.3. The largest absolute Gasteiger partial charge is 0.273 e. The van der Waals surface area contributed by atoms with Crippen LogP contribution in [0.3, 0.4) is 0 Å². The molecule has 2 N–H and O–H groups in total. The van der Waals surface area contributed by atoms with Crippen LogP contribution in [0.2, 0.25) is 0 Å². The number of amides is 1. The molecule has 1 heterocycles. The van der Waals surface area contributed by atoms with E-state index in [0.29, 0.717) is 11.9 Å². The summed E-state index contributed by atoms with van der Waals surface area (Å²) in [6.45, 7) is 5.85. The van der Waals surface area contributed by atoms with Gasteiger partial charge in [0.2, 0.25) is 11.9 Å². The van der Waals surface area contributed by atoms with Gasteiger partial charge < -0.3 is 0 Å². The summed E-state index contributed by atoms with van der Waals surface area (Å²) in [6, 6.07) is 1.88. The van der Waals surface area contributed by atoms with Crippen molar-refractivity contribution < 1.29 is 4.79 Å². The minimum atomic E-state index is 0.0234. The van der Waals surface area contributed by atoms with Gasteiger partial charge in [-0.15, -0.1) is 0 Å². The smallest absolute Gasteiger partial charge is 0.242 e. The first kappa shape index (κ1) is 10.9. The Labute approximate surface area is 94.7 Å². The Morgan fingerprint density at radius 2 is 1.94 bits per heavy atom. The quantitative estimate of drug-likeness (QED) is 0.751. The standard InChI is InChI=1S/C11H16N4O/c1-6-4-9(6)10(16)14-15-11-12-7(2)5-8(3)13-11/h5-6,9H,4H2,1-3H3,(H,14,16)(H,12,13,15). The minimum absolute atomic E-state index is 0.0234. The van der Waals surface area contributed by atoms with E-state index in [4.69, 9.17) is 0 Å². The van der Waals surface area contributed by atoms with Crippen LogP contribution in [0.4, 0.5) is 5.95 Å². The number of anilines is 1. The number of rotatable bonds is 3. The number of nitrogens with zero attached hydrogens (tertiary/aromatic N) is 2. The molecule has 0 aliphatic heterocycles. The lowest BCUT2D eigenvalue weighted by Gasteiger charge is -2.07. The van der Waals surface area contributed by atoms with Crippen molar-refractivity contribution in [2.45, 2.75) is 27.2 Å². The molecule has 1 aromatic rings. The highest BCUT2D eigenvalue weighted by molar-refractivity contribution is 5.82. The number of aryl methyl sites for hydroxylation is 2. The third kappa shape index (κ3) is 2.48. The average molecular weight is 220 g/mol. The maximum Gasteiger partial charge on any atom is 0.242 e. The molecule has 0 radical (unpaired) electrons. The number of nitrogens with one attached hydrogen (secondary N) is 2. The van der Waals surface area contributed by atoms with Crippen LogP contribution in [-0.4, -0.2) is 15.9 Å². The normalized spacial score (nSPS) is 22.7. The molecule has 1 aromatic heterocycles. The van der Waals surface area contributed by atoms with Gasteiger partial charge in [-0.25, -0.2) is 9.97 Å². The molecule has 0 spiro atoms. The maximum atomic E-state index is 11.5. The Morgan fingerprint density at radius 1 is 1.38 bits per heavy atom. The van der Waals surface area contributed by atoms with E-state index in [9.17, 15) is 4.79 Å². The topological polar surface area (TPSA) is 66.9 Å². The van der Waals surface area contributed by atoms with Crippen molar-refractivity contribution in [2.75, 3.05) is 5.43 Å². The van der Waals surface area contributed by atoms with Crippen LogP contribution in [0.5, 0.6) is 0 Å². The number of carbonyl (C=O) groups is 1. The van der Waals surface area contributed by atoms with E-state index < -0.39 is 0 Å². The fourth-order valence-corrected chi connectivity index (χ4v) is 1.68. The first-order valence-corrected chi connectivity index (χ1v) is 5.44. The summed E-state index contributed by atoms with van der Waals surface area (Å²) in [7, 11) is 0. The van der Waals surface area contributed by atoms with E-state index in [1.165, 1.54) is 0 Å². The van der Waals surface area contributed by atoms with Crippen molar-refractivity contribution in [3.63, 3.8) is 0 Å². The SMILES string of the molecule is Cc1cc(C)nc(NNC(=O)C2CC2C)n1. The molecule has 1 saturated carbocycles. The first-order chi connectivity index (χ1) is 7.56. The van der Waals surface area contributed by atoms with E-state index >= 15 is 0 Å². The lowest BCUT2D eigenvalue weighted by Crippen LogP contribution is -2.32. The van der Waals surface area contributed by atoms with Crippen LogP contribution in [-0.2, 0) is 4.79 Å². The second kappa shape index (κ2) is 4.08. The highest BCUT2D eigenvalue weighted by Crippen LogP contribution is 2.37. The Kier molecular flexibility index (Phi) is 2.77. The highest BCUT2D eigenvalue weighted by Gasteiger charge is 2.39. The summed E-state index contributed by atoms with van der Waals surface area (Å²) in [4.78, 5) is 19.9. The summed E-state index contributed by atoms with van der Waals surface area (Å²) >= 11 is 0. The van der Waals surface area contributed by atoms with Crippen LogP contribution >= 0.6 is 0 Å². The third-order valence-corrected chi connectivity index (χ3v) is 2.73. The summed E-state index contributed by atoms with van der Waals surface area (Å²) < 4.78 is 0. The summed E-state index contributed by atoms with van der Waals surface area (Å²) in [6.07, 6.45) is 0.973. The van der Waals surface area contributed by atoms with Gasteiger partial charge in [-0.1, -0.05) is 6.92 Å².